The van der Waals surface area contributed by atoms with Crippen LogP contribution in [-0.4, -0.2) is 21.8 Å². The number of fused-ring (bicyclic) bond motifs is 1. The lowest BCUT2D eigenvalue weighted by molar-refractivity contribution is -0.117. The van der Waals surface area contributed by atoms with Gasteiger partial charge in [-0.3, -0.25) is 19.6 Å². The molecule has 2 aromatic heterocycles. The van der Waals surface area contributed by atoms with Gasteiger partial charge in [0.05, 0.1) is 12.2 Å². The predicted octanol–water partition coefficient (Wildman–Crippen LogP) is 4.30. The van der Waals surface area contributed by atoms with Gasteiger partial charge in [0.1, 0.15) is 0 Å². The molecule has 158 valence electrons. The highest BCUT2D eigenvalue weighted by Crippen LogP contribution is 2.48. The SMILES string of the molecule is O=C(NCc1ccccn1)c1cccc([C@@H]2C[C@H]2C(=O)Nc2ccc3cnccc3c2)c1. The molecular weight excluding hydrogens is 400 g/mol. The molecule has 2 amide bonds. The lowest BCUT2D eigenvalue weighted by atomic mass is 10.0. The normalized spacial score (nSPS) is 17.0. The number of benzene rings is 2. The van der Waals surface area contributed by atoms with E-state index in [1.54, 1.807) is 24.7 Å². The van der Waals surface area contributed by atoms with Crippen LogP contribution in [0.5, 0.6) is 0 Å². The van der Waals surface area contributed by atoms with Gasteiger partial charge in [-0.2, -0.15) is 0 Å². The topological polar surface area (TPSA) is 84.0 Å². The monoisotopic (exact) mass is 422 g/mol. The van der Waals surface area contributed by atoms with E-state index in [0.717, 1.165) is 34.1 Å². The number of pyridine rings is 2. The summed E-state index contributed by atoms with van der Waals surface area (Å²) in [5, 5.41) is 8.00. The summed E-state index contributed by atoms with van der Waals surface area (Å²) in [5.74, 6) is -0.101. The molecule has 5 rings (SSSR count). The number of amides is 2. The Morgan fingerprint density at radius 2 is 1.88 bits per heavy atom. The van der Waals surface area contributed by atoms with Crippen LogP contribution >= 0.6 is 0 Å². The van der Waals surface area contributed by atoms with Crippen molar-refractivity contribution in [1.82, 2.24) is 15.3 Å². The van der Waals surface area contributed by atoms with E-state index in [1.807, 2.05) is 60.7 Å². The summed E-state index contributed by atoms with van der Waals surface area (Å²) < 4.78 is 0. The summed E-state index contributed by atoms with van der Waals surface area (Å²) in [6.07, 6.45) is 6.03. The van der Waals surface area contributed by atoms with Gasteiger partial charge in [0.2, 0.25) is 5.91 Å². The van der Waals surface area contributed by atoms with E-state index < -0.39 is 0 Å². The van der Waals surface area contributed by atoms with Crippen molar-refractivity contribution < 1.29 is 9.59 Å². The summed E-state index contributed by atoms with van der Waals surface area (Å²) in [6, 6.07) is 20.9. The van der Waals surface area contributed by atoms with Crippen molar-refractivity contribution in [2.24, 2.45) is 5.92 Å². The molecule has 1 aliphatic rings. The van der Waals surface area contributed by atoms with E-state index in [1.165, 1.54) is 0 Å². The number of hydrogen-bond acceptors (Lipinski definition) is 4. The molecular formula is C26H22N4O2. The van der Waals surface area contributed by atoms with Crippen LogP contribution in [0.4, 0.5) is 5.69 Å². The van der Waals surface area contributed by atoms with Crippen molar-refractivity contribution in [3.8, 4) is 0 Å². The lowest BCUT2D eigenvalue weighted by Crippen LogP contribution is -2.23. The number of hydrogen-bond donors (Lipinski definition) is 2. The second-order valence-electron chi connectivity index (χ2n) is 8.00. The van der Waals surface area contributed by atoms with E-state index in [9.17, 15) is 9.59 Å². The second-order valence-corrected chi connectivity index (χ2v) is 8.00. The van der Waals surface area contributed by atoms with Crippen LogP contribution in [0.3, 0.4) is 0 Å². The molecule has 0 saturated heterocycles. The number of aromatic nitrogens is 2. The largest absolute Gasteiger partial charge is 0.346 e. The molecule has 32 heavy (non-hydrogen) atoms. The van der Waals surface area contributed by atoms with Crippen molar-refractivity contribution in [3.63, 3.8) is 0 Å². The average molecular weight is 422 g/mol. The van der Waals surface area contributed by atoms with E-state index in [4.69, 9.17) is 0 Å². The number of carbonyl (C=O) groups excluding carboxylic acids is 2. The number of nitrogens with zero attached hydrogens (tertiary/aromatic N) is 2. The number of nitrogens with one attached hydrogen (secondary N) is 2. The van der Waals surface area contributed by atoms with E-state index >= 15 is 0 Å². The third-order valence-corrected chi connectivity index (χ3v) is 5.77. The number of carbonyl (C=O) groups is 2. The highest BCUT2D eigenvalue weighted by Gasteiger charge is 2.44. The van der Waals surface area contributed by atoms with Crippen LogP contribution in [0.1, 0.15) is 34.0 Å². The quantitative estimate of drug-likeness (QED) is 0.485. The van der Waals surface area contributed by atoms with Gasteiger partial charge in [-0.1, -0.05) is 24.3 Å². The Morgan fingerprint density at radius 1 is 0.938 bits per heavy atom. The highest BCUT2D eigenvalue weighted by atomic mass is 16.2. The molecule has 4 aromatic rings. The third kappa shape index (κ3) is 4.34. The minimum atomic E-state index is -0.148. The fourth-order valence-electron chi connectivity index (χ4n) is 3.94. The summed E-state index contributed by atoms with van der Waals surface area (Å²) in [4.78, 5) is 33.6. The Kier molecular flexibility index (Phi) is 5.34. The van der Waals surface area contributed by atoms with Gasteiger partial charge in [-0.05, 0) is 65.8 Å². The van der Waals surface area contributed by atoms with Gasteiger partial charge < -0.3 is 10.6 Å². The van der Waals surface area contributed by atoms with Crippen molar-refractivity contribution in [2.45, 2.75) is 18.9 Å². The average Bonchev–Trinajstić information content (AvgIpc) is 3.65. The number of anilines is 1. The Morgan fingerprint density at radius 3 is 2.75 bits per heavy atom. The standard InChI is InChI=1S/C26H22N4O2/c31-25(29-16-22-6-1-2-10-28-22)19-5-3-4-18(12-19)23-14-24(23)26(32)30-21-8-7-20-15-27-11-9-17(20)13-21/h1-13,15,23-24H,14,16H2,(H,29,31)(H,30,32)/t23-,24+/m0/s1. The van der Waals surface area contributed by atoms with Gasteiger partial charge >= 0.3 is 0 Å². The molecule has 0 bridgehead atoms. The molecule has 2 N–H and O–H groups in total. The second kappa shape index (κ2) is 8.59. The summed E-state index contributed by atoms with van der Waals surface area (Å²) in [5.41, 5.74) is 3.19. The maximum Gasteiger partial charge on any atom is 0.251 e. The number of rotatable bonds is 6. The Balaban J connectivity index is 1.21. The summed E-state index contributed by atoms with van der Waals surface area (Å²) in [6.45, 7) is 0.375. The molecule has 0 radical (unpaired) electrons. The molecule has 2 atom stereocenters. The summed E-state index contributed by atoms with van der Waals surface area (Å²) in [7, 11) is 0. The lowest BCUT2D eigenvalue weighted by Gasteiger charge is -2.08. The molecule has 0 aliphatic heterocycles. The fraction of sp³-hybridized carbons (Fsp3) is 0.154. The minimum absolute atomic E-state index is 0.00779. The van der Waals surface area contributed by atoms with Crippen LogP contribution in [0.15, 0.2) is 85.3 Å². The molecule has 2 heterocycles. The maximum atomic E-state index is 12.8. The van der Waals surface area contributed by atoms with Gasteiger partial charge in [0.25, 0.3) is 5.91 Å². The molecule has 2 aromatic carbocycles. The Labute approximate surface area is 185 Å². The van der Waals surface area contributed by atoms with Crippen molar-refractivity contribution in [1.29, 1.82) is 0 Å². The zero-order chi connectivity index (χ0) is 21.9. The van der Waals surface area contributed by atoms with E-state index in [-0.39, 0.29) is 23.7 Å². The zero-order valence-electron chi connectivity index (χ0n) is 17.4. The van der Waals surface area contributed by atoms with Crippen molar-refractivity contribution in [2.75, 3.05) is 5.32 Å². The van der Waals surface area contributed by atoms with Crippen LogP contribution < -0.4 is 10.6 Å². The molecule has 0 spiro atoms. The summed E-state index contributed by atoms with van der Waals surface area (Å²) >= 11 is 0. The smallest absolute Gasteiger partial charge is 0.251 e. The van der Waals surface area contributed by atoms with Gasteiger partial charge in [-0.25, -0.2) is 0 Å². The first kappa shape index (κ1) is 19.9. The van der Waals surface area contributed by atoms with Crippen LogP contribution in [-0.2, 0) is 11.3 Å². The Hall–Kier alpha value is -4.06. The first-order chi connectivity index (χ1) is 15.7. The molecule has 0 unspecified atom stereocenters. The first-order valence-corrected chi connectivity index (χ1v) is 10.6. The van der Waals surface area contributed by atoms with Crippen molar-refractivity contribution in [3.05, 3.63) is 102 Å². The minimum Gasteiger partial charge on any atom is -0.346 e. The molecule has 1 fully saturated rings. The molecule has 1 saturated carbocycles. The van der Waals surface area contributed by atoms with Crippen LogP contribution in [0, 0.1) is 5.92 Å². The third-order valence-electron chi connectivity index (χ3n) is 5.77. The van der Waals surface area contributed by atoms with Crippen LogP contribution in [0.25, 0.3) is 10.8 Å². The van der Waals surface area contributed by atoms with E-state index in [0.29, 0.717) is 12.1 Å². The van der Waals surface area contributed by atoms with Gasteiger partial charge in [-0.15, -0.1) is 0 Å². The van der Waals surface area contributed by atoms with Crippen molar-refractivity contribution >= 4 is 28.3 Å². The maximum absolute atomic E-state index is 12.8. The first-order valence-electron chi connectivity index (χ1n) is 10.6. The highest BCUT2D eigenvalue weighted by molar-refractivity contribution is 5.98. The molecule has 6 heteroatoms. The molecule has 1 aliphatic carbocycles. The van der Waals surface area contributed by atoms with Gasteiger partial charge in [0, 0.05) is 41.1 Å². The fourth-order valence-corrected chi connectivity index (χ4v) is 3.94. The van der Waals surface area contributed by atoms with Crippen LogP contribution in [0.2, 0.25) is 0 Å². The Bertz CT molecular complexity index is 1290. The molecule has 6 nitrogen and oxygen atoms in total. The van der Waals surface area contributed by atoms with E-state index in [2.05, 4.69) is 20.6 Å². The zero-order valence-corrected chi connectivity index (χ0v) is 17.4. The van der Waals surface area contributed by atoms with Gasteiger partial charge in [0.15, 0.2) is 0 Å². The predicted molar refractivity (Wildman–Crippen MR) is 123 cm³/mol.